The first-order valence-corrected chi connectivity index (χ1v) is 17.6. The Morgan fingerprint density at radius 3 is 1.52 bits per heavy atom. The first-order chi connectivity index (χ1) is 24.1. The Morgan fingerprint density at radius 1 is 0.692 bits per heavy atom. The van der Waals surface area contributed by atoms with Crippen molar-refractivity contribution in [3.8, 4) is 0 Å². The van der Waals surface area contributed by atoms with Crippen molar-refractivity contribution < 1.29 is 68.0 Å². The molecule has 1 unspecified atom stereocenters. The fraction of sp³-hybridized carbons (Fsp3) is 0.485. The van der Waals surface area contributed by atoms with Gasteiger partial charge in [0.25, 0.3) is 0 Å². The molecule has 0 bridgehead atoms. The van der Waals surface area contributed by atoms with Gasteiger partial charge in [-0.15, -0.1) is 0 Å². The van der Waals surface area contributed by atoms with E-state index in [2.05, 4.69) is 0 Å². The van der Waals surface area contributed by atoms with E-state index in [1.807, 2.05) is 60.7 Å². The van der Waals surface area contributed by atoms with Crippen LogP contribution in [-0.2, 0) is 43.0 Å². The van der Waals surface area contributed by atoms with Crippen LogP contribution < -0.4 is 0 Å². The van der Waals surface area contributed by atoms with Crippen molar-refractivity contribution in [1.29, 1.82) is 0 Å². The van der Waals surface area contributed by atoms with Crippen LogP contribution in [0.2, 0.25) is 0 Å². The second kappa shape index (κ2) is 21.7. The normalized spacial score (nSPS) is 16.2. The summed E-state index contributed by atoms with van der Waals surface area (Å²) >= 11 is 0. The fourth-order valence-corrected chi connectivity index (χ4v) is 7.39. The molecule has 2 aromatic rings. The number of aliphatic carboxylic acids is 5. The molecule has 0 aliphatic heterocycles. The van der Waals surface area contributed by atoms with Crippen LogP contribution >= 0.6 is 7.82 Å². The molecular formula is C33H44CaN3O14P+2. The van der Waals surface area contributed by atoms with E-state index in [4.69, 9.17) is 19.3 Å². The molecule has 1 aliphatic rings. The van der Waals surface area contributed by atoms with E-state index in [1.54, 1.807) is 0 Å². The molecule has 1 fully saturated rings. The zero-order valence-electron chi connectivity index (χ0n) is 28.6. The molecule has 52 heavy (non-hydrogen) atoms. The Morgan fingerprint density at radius 2 is 1.10 bits per heavy atom. The molecule has 1 saturated carbocycles. The minimum absolute atomic E-state index is 0. The Kier molecular flexibility index (Phi) is 18.8. The van der Waals surface area contributed by atoms with Crippen LogP contribution in [0.4, 0.5) is 0 Å². The summed E-state index contributed by atoms with van der Waals surface area (Å²) in [5.74, 6) is -6.89. The number of phosphoric acid groups is 1. The zero-order chi connectivity index (χ0) is 37.6. The van der Waals surface area contributed by atoms with E-state index >= 15 is 0 Å². The summed E-state index contributed by atoms with van der Waals surface area (Å²) in [4.78, 5) is 71.4. The average Bonchev–Trinajstić information content (AvgIpc) is 3.05. The summed E-state index contributed by atoms with van der Waals surface area (Å²) in [5, 5.41) is 46.8. The van der Waals surface area contributed by atoms with Crippen molar-refractivity contribution in [2.75, 3.05) is 59.0 Å². The van der Waals surface area contributed by atoms with Gasteiger partial charge in [0.05, 0.1) is 45.4 Å². The third-order valence-corrected chi connectivity index (χ3v) is 9.66. The van der Waals surface area contributed by atoms with Crippen LogP contribution in [0.25, 0.3) is 0 Å². The molecule has 0 aromatic heterocycles. The summed E-state index contributed by atoms with van der Waals surface area (Å²) in [6, 6.07) is 18.5. The summed E-state index contributed by atoms with van der Waals surface area (Å²) in [7, 11) is -4.84. The summed E-state index contributed by atoms with van der Waals surface area (Å²) in [6.07, 6.45) is 1.27. The van der Waals surface area contributed by atoms with Gasteiger partial charge in [0.2, 0.25) is 0 Å². The topological polar surface area (TPSA) is 252 Å². The van der Waals surface area contributed by atoms with Crippen molar-refractivity contribution in [2.24, 2.45) is 0 Å². The van der Waals surface area contributed by atoms with Crippen LogP contribution in [-0.4, -0.2) is 184 Å². The molecule has 0 heterocycles. The number of benzene rings is 2. The maximum absolute atomic E-state index is 13.3. The zero-order valence-corrected chi connectivity index (χ0v) is 31.7. The van der Waals surface area contributed by atoms with Crippen molar-refractivity contribution in [3.05, 3.63) is 71.8 Å². The van der Waals surface area contributed by atoms with Gasteiger partial charge in [-0.2, -0.15) is 0 Å². The van der Waals surface area contributed by atoms with Crippen molar-refractivity contribution in [2.45, 2.75) is 43.2 Å². The van der Waals surface area contributed by atoms with Crippen LogP contribution in [0, 0.1) is 0 Å². The SMILES string of the molecule is O=C(O)CN(CCN(CC(=O)O)C[C@H](COP(=O)(O)OC1CCC(c2ccccc2)(c2ccccc2)CC1)N(CC(=O)O)CC(=O)O)CC(=O)O.[Ca+2]. The van der Waals surface area contributed by atoms with Crippen molar-refractivity contribution in [3.63, 3.8) is 0 Å². The Hall–Kier alpha value is -2.96. The maximum atomic E-state index is 13.3. The minimum Gasteiger partial charge on any atom is -0.480 e. The second-order valence-corrected chi connectivity index (χ2v) is 13.8. The predicted molar refractivity (Wildman–Crippen MR) is 185 cm³/mol. The summed E-state index contributed by atoms with van der Waals surface area (Å²) in [5.41, 5.74) is 1.83. The number of phosphoric ester groups is 1. The third kappa shape index (κ3) is 15.2. The van der Waals surface area contributed by atoms with Crippen LogP contribution in [0.1, 0.15) is 36.8 Å². The van der Waals surface area contributed by atoms with Gasteiger partial charge in [-0.1, -0.05) is 60.7 Å². The molecule has 6 N–H and O–H groups in total. The number of carbonyl (C=O) groups is 5. The van der Waals surface area contributed by atoms with Gasteiger partial charge in [0.1, 0.15) is 0 Å². The average molecular weight is 778 g/mol. The van der Waals surface area contributed by atoms with E-state index in [0.29, 0.717) is 25.7 Å². The summed E-state index contributed by atoms with van der Waals surface area (Å²) in [6.45, 7) is -5.40. The molecule has 2 atom stereocenters. The van der Waals surface area contributed by atoms with E-state index in [1.165, 1.54) is 4.90 Å². The maximum Gasteiger partial charge on any atom is 2.00 e. The molecule has 280 valence electrons. The number of nitrogens with zero attached hydrogens (tertiary/aromatic N) is 3. The molecule has 1 aliphatic carbocycles. The summed E-state index contributed by atoms with van der Waals surface area (Å²) < 4.78 is 24.2. The Balaban J connectivity index is 0.00000936. The number of hydrogen-bond acceptors (Lipinski definition) is 11. The molecule has 0 spiro atoms. The molecule has 3 rings (SSSR count). The number of hydrogen-bond donors (Lipinski definition) is 6. The monoisotopic (exact) mass is 777 g/mol. The van der Waals surface area contributed by atoms with Gasteiger partial charge in [0.15, 0.2) is 0 Å². The van der Waals surface area contributed by atoms with Gasteiger partial charge in [-0.3, -0.25) is 47.7 Å². The van der Waals surface area contributed by atoms with Crippen LogP contribution in [0.3, 0.4) is 0 Å². The van der Waals surface area contributed by atoms with Crippen LogP contribution in [0.5, 0.6) is 0 Å². The molecule has 0 radical (unpaired) electrons. The van der Waals surface area contributed by atoms with E-state index in [-0.39, 0.29) is 56.2 Å². The second-order valence-electron chi connectivity index (χ2n) is 12.4. The van der Waals surface area contributed by atoms with Gasteiger partial charge >= 0.3 is 75.4 Å². The molecule has 0 saturated heterocycles. The van der Waals surface area contributed by atoms with Gasteiger partial charge in [0, 0.05) is 31.1 Å². The Labute approximate surface area is 330 Å². The van der Waals surface area contributed by atoms with Gasteiger partial charge in [-0.05, 0) is 36.8 Å². The van der Waals surface area contributed by atoms with Crippen LogP contribution in [0.15, 0.2) is 60.7 Å². The fourth-order valence-electron chi connectivity index (χ4n) is 6.39. The quantitative estimate of drug-likeness (QED) is 0.0688. The molecular weight excluding hydrogens is 733 g/mol. The Bertz CT molecular complexity index is 1450. The van der Waals surface area contributed by atoms with Gasteiger partial charge < -0.3 is 30.4 Å². The number of carboxylic acid groups (broad SMARTS) is 5. The molecule has 0 amide bonds. The minimum atomic E-state index is -4.84. The number of rotatable bonds is 23. The molecule has 17 nitrogen and oxygen atoms in total. The standard InChI is InChI=1S/C33H44N3O14P.Ca/c37-28(38)18-34(15-16-35(19-29(39)40)20-30(41)42)17-26(36(21-31(43)44)22-32(45)46)23-49-51(47,48)50-27-11-13-33(14-12-27,24-7-3-1-4-8-24)25-9-5-2-6-10-25;/h1-10,26-27H,11-23H2,(H,37,38)(H,39,40)(H,41,42)(H,43,44)(H,45,46)(H,47,48);/q;+2/t26-;/m1./s1. The van der Waals surface area contributed by atoms with E-state index < -0.39 is 95.7 Å². The third-order valence-electron chi connectivity index (χ3n) is 8.62. The van der Waals surface area contributed by atoms with Gasteiger partial charge in [-0.25, -0.2) is 4.57 Å². The smallest absolute Gasteiger partial charge is 0.480 e. The first kappa shape index (κ1) is 45.2. The molecule has 2 aromatic carbocycles. The molecule has 19 heteroatoms. The van der Waals surface area contributed by atoms with E-state index in [0.717, 1.165) is 20.9 Å². The number of carboxylic acids is 5. The predicted octanol–water partition coefficient (Wildman–Crippen LogP) is 1.37. The van der Waals surface area contributed by atoms with Crippen molar-refractivity contribution >= 4 is 75.4 Å². The largest absolute Gasteiger partial charge is 2.00 e. The first-order valence-electron chi connectivity index (χ1n) is 16.1. The van der Waals surface area contributed by atoms with Crippen molar-refractivity contribution in [1.82, 2.24) is 14.7 Å². The van der Waals surface area contributed by atoms with E-state index in [9.17, 15) is 48.8 Å².